The molecule has 22 heteroatoms. The molecule has 0 aliphatic heterocycles. The summed E-state index contributed by atoms with van der Waals surface area (Å²) in [5.74, 6) is -1.88. The Morgan fingerprint density at radius 3 is 2.19 bits per heavy atom. The van der Waals surface area contributed by atoms with Crippen LogP contribution in [-0.4, -0.2) is 62.8 Å². The molecular weight excluding hydrogens is 936 g/mol. The summed E-state index contributed by atoms with van der Waals surface area (Å²) in [6, 6.07) is 23.6. The van der Waals surface area contributed by atoms with Crippen molar-refractivity contribution in [2.75, 3.05) is 5.32 Å². The highest BCUT2D eigenvalue weighted by molar-refractivity contribution is 9.11. The Hall–Kier alpha value is -5.17. The first-order chi connectivity index (χ1) is 27.0. The number of nitro benzene ring substituents is 1. The van der Waals surface area contributed by atoms with E-state index in [1.54, 1.807) is 42.5 Å². The number of ether oxygens (including phenoxy) is 1. The number of nitrogens with zero attached hydrogens (tertiary/aromatic N) is 5. The monoisotopic (exact) mass is 958 g/mol. The number of hydrogen-bond acceptors (Lipinski definition) is 14. The van der Waals surface area contributed by atoms with Crippen LogP contribution in [0.3, 0.4) is 0 Å². The molecule has 0 aliphatic rings. The number of non-ortho nitro benzene ring substituents is 1. The average Bonchev–Trinajstić information content (AvgIpc) is 3.64. The van der Waals surface area contributed by atoms with Crippen LogP contribution < -0.4 is 10.1 Å². The van der Waals surface area contributed by atoms with Crippen LogP contribution in [0.15, 0.2) is 121 Å². The van der Waals surface area contributed by atoms with E-state index in [-0.39, 0.29) is 64.7 Å². The second-order valence-electron chi connectivity index (χ2n) is 11.9. The van der Waals surface area contributed by atoms with Gasteiger partial charge in [0.2, 0.25) is 5.16 Å². The molecule has 0 bridgehead atoms. The Kier molecular flexibility index (Phi) is 11.0. The number of thioether (sulfide) groups is 1. The molecule has 6 aromatic carbocycles. The van der Waals surface area contributed by atoms with Gasteiger partial charge in [0.05, 0.1) is 37.0 Å². The van der Waals surface area contributed by atoms with Crippen molar-refractivity contribution in [1.82, 2.24) is 20.2 Å². The predicted molar refractivity (Wildman–Crippen MR) is 218 cm³/mol. The van der Waals surface area contributed by atoms with Crippen LogP contribution in [0.5, 0.6) is 17.2 Å². The molecule has 0 aliphatic carbocycles. The summed E-state index contributed by atoms with van der Waals surface area (Å²) in [7, 11) is -9.13. The van der Waals surface area contributed by atoms with E-state index in [4.69, 9.17) is 4.74 Å². The van der Waals surface area contributed by atoms with E-state index in [9.17, 15) is 46.6 Å². The van der Waals surface area contributed by atoms with Gasteiger partial charge in [-0.25, -0.2) is 0 Å². The third-order valence-electron chi connectivity index (χ3n) is 8.41. The van der Waals surface area contributed by atoms with E-state index in [0.717, 1.165) is 30.0 Å². The Bertz CT molecular complexity index is 2850. The average molecular weight is 961 g/mol. The number of phenolic OH excluding ortho intramolecular Hbond substituents is 1. The second kappa shape index (κ2) is 15.6. The summed E-state index contributed by atoms with van der Waals surface area (Å²) < 4.78 is 72.7. The standard InChI is InChI=1S/C35H24Br2N6O11S3/c36-25-14-20(56(48,49)50)15-26(37)31(25)38-34(45)24-16-28(30-23(32(24)44)11-6-12-29(30)57(51,52)53)54-33-18(13-27(43(46)47)21-9-4-5-10-22(21)33)17-55-35-39-40-41-42(35)19-7-2-1-3-8-19/h1-16,44,51-53H,17H2,(H,38,45)(H,48,49,50). The van der Waals surface area contributed by atoms with Gasteiger partial charge in [-0.3, -0.25) is 19.5 Å². The smallest absolute Gasteiger partial charge is 0.294 e. The van der Waals surface area contributed by atoms with E-state index < -0.39 is 52.9 Å². The lowest BCUT2D eigenvalue weighted by Crippen LogP contribution is -2.14. The number of carbonyl (C=O) groups excluding carboxylic acids is 1. The topological polar surface area (TPSA) is 260 Å². The van der Waals surface area contributed by atoms with Gasteiger partial charge in [0.15, 0.2) is 0 Å². The van der Waals surface area contributed by atoms with Gasteiger partial charge in [-0.2, -0.15) is 13.1 Å². The maximum atomic E-state index is 14.0. The summed E-state index contributed by atoms with van der Waals surface area (Å²) in [6.45, 7) is 0. The fourth-order valence-electron chi connectivity index (χ4n) is 5.90. The van der Waals surface area contributed by atoms with Crippen molar-refractivity contribution in [3.63, 3.8) is 0 Å². The molecule has 0 unspecified atom stereocenters. The molecule has 0 saturated carbocycles. The highest BCUT2D eigenvalue weighted by Crippen LogP contribution is 2.53. The van der Waals surface area contributed by atoms with E-state index in [1.165, 1.54) is 35.0 Å². The van der Waals surface area contributed by atoms with Crippen molar-refractivity contribution >= 4 is 103 Å². The minimum absolute atomic E-state index is 0.00571. The number of para-hydroxylation sites is 1. The van der Waals surface area contributed by atoms with Gasteiger partial charge in [-0.05, 0) is 84.8 Å². The Labute approximate surface area is 344 Å². The van der Waals surface area contributed by atoms with Gasteiger partial charge in [0, 0.05) is 42.5 Å². The Balaban J connectivity index is 1.40. The van der Waals surface area contributed by atoms with Gasteiger partial charge in [-0.1, -0.05) is 60.3 Å². The lowest BCUT2D eigenvalue weighted by molar-refractivity contribution is -0.383. The summed E-state index contributed by atoms with van der Waals surface area (Å²) in [6.07, 6.45) is 0. The molecular formula is C35H24Br2N6O11S3. The molecule has 0 radical (unpaired) electrons. The Morgan fingerprint density at radius 1 is 0.895 bits per heavy atom. The largest absolute Gasteiger partial charge is 0.506 e. The second-order valence-corrected chi connectivity index (χ2v) is 17.5. The van der Waals surface area contributed by atoms with Crippen LogP contribution in [0.25, 0.3) is 27.2 Å². The normalized spacial score (nSPS) is 12.2. The molecule has 17 nitrogen and oxygen atoms in total. The third kappa shape index (κ3) is 8.03. The number of carbonyl (C=O) groups is 1. The highest BCUT2D eigenvalue weighted by atomic mass is 79.9. The van der Waals surface area contributed by atoms with E-state index >= 15 is 0 Å². The van der Waals surface area contributed by atoms with Crippen molar-refractivity contribution in [3.8, 4) is 22.9 Å². The molecule has 1 aromatic heterocycles. The highest BCUT2D eigenvalue weighted by Gasteiger charge is 2.29. The first-order valence-corrected chi connectivity index (χ1v) is 21.4. The lowest BCUT2D eigenvalue weighted by Gasteiger charge is -2.24. The quantitative estimate of drug-likeness (QED) is 0.0305. The summed E-state index contributed by atoms with van der Waals surface area (Å²) in [5, 5.41) is 38.8. The van der Waals surface area contributed by atoms with Gasteiger partial charge in [0.25, 0.3) is 21.7 Å². The fraction of sp³-hybridized carbons (Fsp3) is 0.0286. The molecule has 0 fully saturated rings. The number of hydrogen-bond donors (Lipinski definition) is 6. The summed E-state index contributed by atoms with van der Waals surface area (Å²) in [5.41, 5.74) is 0.224. The number of aromatic hydroxyl groups is 1. The molecule has 1 heterocycles. The number of fused-ring (bicyclic) bond motifs is 2. The van der Waals surface area contributed by atoms with Crippen molar-refractivity contribution in [3.05, 3.63) is 127 Å². The first-order valence-electron chi connectivity index (χ1n) is 15.9. The fourth-order valence-corrected chi connectivity index (χ4v) is 9.72. The van der Waals surface area contributed by atoms with Crippen molar-refractivity contribution < 1.29 is 46.2 Å². The number of nitrogens with one attached hydrogen (secondary N) is 1. The van der Waals surface area contributed by atoms with Crippen LogP contribution in [0.4, 0.5) is 11.4 Å². The summed E-state index contributed by atoms with van der Waals surface area (Å²) in [4.78, 5) is 24.8. The predicted octanol–water partition coefficient (Wildman–Crippen LogP) is 9.27. The molecule has 0 saturated heterocycles. The van der Waals surface area contributed by atoms with Crippen LogP contribution >= 0.6 is 54.5 Å². The number of aromatic nitrogens is 4. The summed E-state index contributed by atoms with van der Waals surface area (Å²) >= 11 is 7.49. The number of benzene rings is 6. The first kappa shape index (κ1) is 40.0. The number of amides is 1. The van der Waals surface area contributed by atoms with Crippen molar-refractivity contribution in [2.24, 2.45) is 0 Å². The number of nitro groups is 1. The minimum atomic E-state index is -4.62. The van der Waals surface area contributed by atoms with Crippen LogP contribution in [0, 0.1) is 10.1 Å². The van der Waals surface area contributed by atoms with Crippen LogP contribution in [-0.2, 0) is 15.9 Å². The van der Waals surface area contributed by atoms with Crippen LogP contribution in [0.1, 0.15) is 15.9 Å². The van der Waals surface area contributed by atoms with Gasteiger partial charge in [-0.15, -0.1) is 5.10 Å². The zero-order valence-electron chi connectivity index (χ0n) is 28.3. The molecule has 0 spiro atoms. The molecule has 6 N–H and O–H groups in total. The number of anilines is 1. The van der Waals surface area contributed by atoms with Crippen molar-refractivity contribution in [1.29, 1.82) is 0 Å². The SMILES string of the molecule is O=C(Nc1c(Br)cc(S(=O)(=O)O)cc1Br)c1cc(Oc2c(CSc3nnnn3-c3ccccc3)cc([N+](=O)[O-])c3ccccc23)c2c(S(O)(O)O)cccc2c1O. The number of tetrazole rings is 1. The van der Waals surface area contributed by atoms with Crippen LogP contribution in [0.2, 0.25) is 0 Å². The maximum Gasteiger partial charge on any atom is 0.294 e. The minimum Gasteiger partial charge on any atom is -0.506 e. The lowest BCUT2D eigenvalue weighted by atomic mass is 10.0. The maximum absolute atomic E-state index is 14.0. The Morgan fingerprint density at radius 2 is 1.54 bits per heavy atom. The van der Waals surface area contributed by atoms with E-state index in [2.05, 4.69) is 52.7 Å². The molecule has 7 rings (SSSR count). The van der Waals surface area contributed by atoms with Gasteiger partial charge in [0.1, 0.15) is 28.1 Å². The van der Waals surface area contributed by atoms with Gasteiger partial charge < -0.3 is 28.8 Å². The zero-order chi connectivity index (χ0) is 40.8. The number of rotatable bonds is 11. The number of phenols is 1. The molecule has 1 amide bonds. The molecule has 7 aromatic rings. The molecule has 57 heavy (non-hydrogen) atoms. The number of halogens is 2. The third-order valence-corrected chi connectivity index (χ3v) is 12.4. The van der Waals surface area contributed by atoms with Crippen molar-refractivity contribution in [2.45, 2.75) is 20.7 Å². The zero-order valence-corrected chi connectivity index (χ0v) is 34.0. The van der Waals surface area contributed by atoms with Gasteiger partial charge >= 0.3 is 0 Å². The molecule has 0 atom stereocenters. The van der Waals surface area contributed by atoms with E-state index in [1.807, 2.05) is 6.07 Å². The van der Waals surface area contributed by atoms with E-state index in [0.29, 0.717) is 10.8 Å². The molecule has 292 valence electrons.